The van der Waals surface area contributed by atoms with Crippen molar-refractivity contribution >= 4 is 23.1 Å². The average molecular weight is 616 g/mol. The number of ether oxygens (including phenoxy) is 2. The Balaban J connectivity index is 1.06. The first-order chi connectivity index (χ1) is 21.9. The van der Waals surface area contributed by atoms with Gasteiger partial charge in [0.05, 0.1) is 43.9 Å². The van der Waals surface area contributed by atoms with E-state index in [-0.39, 0.29) is 36.6 Å². The van der Waals surface area contributed by atoms with Crippen LogP contribution in [-0.2, 0) is 9.53 Å². The molecule has 3 saturated heterocycles. The normalized spacial score (nSPS) is 21.5. The summed E-state index contributed by atoms with van der Waals surface area (Å²) in [4.78, 5) is 27.6. The number of aliphatic hydroxyl groups is 1. The van der Waals surface area contributed by atoms with Gasteiger partial charge in [-0.05, 0) is 55.5 Å². The lowest BCUT2D eigenvalue weighted by Gasteiger charge is -2.43. The topological polar surface area (TPSA) is 127 Å². The maximum Gasteiger partial charge on any atom is 0.225 e. The summed E-state index contributed by atoms with van der Waals surface area (Å²) < 4.78 is 26.2. The van der Waals surface area contributed by atoms with E-state index >= 15 is 0 Å². The van der Waals surface area contributed by atoms with E-state index in [0.29, 0.717) is 29.8 Å². The van der Waals surface area contributed by atoms with Gasteiger partial charge in [-0.2, -0.15) is 5.26 Å². The van der Waals surface area contributed by atoms with E-state index in [0.717, 1.165) is 45.1 Å². The van der Waals surface area contributed by atoms with Gasteiger partial charge < -0.3 is 29.7 Å². The van der Waals surface area contributed by atoms with Crippen LogP contribution in [0.15, 0.2) is 54.7 Å². The summed E-state index contributed by atoms with van der Waals surface area (Å²) in [7, 11) is 0. The number of piperazine rings is 1. The van der Waals surface area contributed by atoms with Gasteiger partial charge in [0, 0.05) is 62.3 Å². The molecule has 0 spiro atoms. The summed E-state index contributed by atoms with van der Waals surface area (Å²) in [6.07, 6.45) is -1.09. The Morgan fingerprint density at radius 2 is 1.93 bits per heavy atom. The predicted octanol–water partition coefficient (Wildman–Crippen LogP) is 3.37. The van der Waals surface area contributed by atoms with E-state index in [4.69, 9.17) is 9.47 Å². The lowest BCUT2D eigenvalue weighted by Crippen LogP contribution is -2.56. The number of halogens is 1. The molecule has 2 aromatic carbocycles. The fourth-order valence-corrected chi connectivity index (χ4v) is 5.90. The summed E-state index contributed by atoms with van der Waals surface area (Å²) in [6, 6.07) is 17.8. The van der Waals surface area contributed by atoms with Gasteiger partial charge in [-0.1, -0.05) is 0 Å². The number of aliphatic hydroxyl groups excluding tert-OH is 1. The van der Waals surface area contributed by atoms with Crippen molar-refractivity contribution in [2.24, 2.45) is 0 Å². The van der Waals surface area contributed by atoms with Crippen LogP contribution < -0.4 is 15.0 Å². The van der Waals surface area contributed by atoms with Gasteiger partial charge in [0.2, 0.25) is 5.91 Å². The fraction of sp³-hybridized carbons (Fsp3) is 0.455. The first-order valence-electron chi connectivity index (χ1n) is 15.4. The maximum atomic E-state index is 15.0. The summed E-state index contributed by atoms with van der Waals surface area (Å²) >= 11 is 0. The van der Waals surface area contributed by atoms with Crippen LogP contribution in [0.5, 0.6) is 5.75 Å². The number of hydrogen-bond acceptors (Lipinski definition) is 10. The molecule has 0 unspecified atom stereocenters. The molecule has 2 N–H and O–H groups in total. The van der Waals surface area contributed by atoms with Crippen molar-refractivity contribution in [3.8, 4) is 23.2 Å². The van der Waals surface area contributed by atoms with E-state index in [1.54, 1.807) is 30.5 Å². The Hall–Kier alpha value is -4.31. The highest BCUT2D eigenvalue weighted by atomic mass is 19.1. The number of hydrogen-bond donors (Lipinski definition) is 2. The molecule has 4 heterocycles. The summed E-state index contributed by atoms with van der Waals surface area (Å²) in [5.41, 5.74) is 2.95. The Labute approximate surface area is 262 Å². The Kier molecular flexibility index (Phi) is 9.39. The van der Waals surface area contributed by atoms with Gasteiger partial charge in [0.25, 0.3) is 0 Å². The monoisotopic (exact) mass is 615 g/mol. The number of benzene rings is 2. The molecule has 3 aliphatic rings. The number of piperidine rings is 1. The molecule has 0 saturated carbocycles. The molecule has 3 fully saturated rings. The third-order valence-electron chi connectivity index (χ3n) is 8.55. The first-order valence-corrected chi connectivity index (χ1v) is 15.4. The van der Waals surface area contributed by atoms with Crippen LogP contribution in [-0.4, -0.2) is 108 Å². The molecule has 3 aromatic rings. The van der Waals surface area contributed by atoms with Crippen molar-refractivity contribution in [1.29, 1.82) is 5.26 Å². The molecule has 0 radical (unpaired) electrons. The molecule has 1 amide bonds. The third kappa shape index (κ3) is 7.33. The van der Waals surface area contributed by atoms with Gasteiger partial charge in [-0.3, -0.25) is 9.69 Å². The SMILES string of the molecule is C[C@@H](O)CC(=O)N1CC[C@H](Oc2ccc(-c3nccc(Nc4ccc(N5CCN(C6COC6)CC5)cc4)n3)cc2C#N)[C@H](F)C1. The van der Waals surface area contributed by atoms with Crippen molar-refractivity contribution in [3.63, 3.8) is 0 Å². The van der Waals surface area contributed by atoms with E-state index in [9.17, 15) is 19.6 Å². The molecule has 6 rings (SSSR count). The van der Waals surface area contributed by atoms with Gasteiger partial charge >= 0.3 is 0 Å². The predicted molar refractivity (Wildman–Crippen MR) is 167 cm³/mol. The lowest BCUT2D eigenvalue weighted by molar-refractivity contribution is -0.136. The average Bonchev–Trinajstić information content (AvgIpc) is 3.02. The molecule has 3 aliphatic heterocycles. The Bertz CT molecular complexity index is 1520. The van der Waals surface area contributed by atoms with E-state index in [2.05, 4.69) is 43.3 Å². The number of amides is 1. The van der Waals surface area contributed by atoms with Crippen LogP contribution in [0.2, 0.25) is 0 Å². The molecule has 12 heteroatoms. The highest BCUT2D eigenvalue weighted by molar-refractivity contribution is 5.76. The first kappa shape index (κ1) is 30.7. The van der Waals surface area contributed by atoms with Crippen molar-refractivity contribution in [3.05, 3.63) is 60.3 Å². The number of nitrogens with one attached hydrogen (secondary N) is 1. The number of anilines is 3. The minimum absolute atomic E-state index is 0.0432. The molecule has 0 bridgehead atoms. The van der Waals surface area contributed by atoms with Gasteiger partial charge in [0.1, 0.15) is 23.7 Å². The van der Waals surface area contributed by atoms with Crippen LogP contribution in [0.4, 0.5) is 21.6 Å². The van der Waals surface area contributed by atoms with Crippen LogP contribution in [0.25, 0.3) is 11.4 Å². The fourth-order valence-electron chi connectivity index (χ4n) is 5.90. The van der Waals surface area contributed by atoms with E-state index in [1.807, 2.05) is 12.1 Å². The standard InChI is InChI=1S/C33H38FN7O4/c1-22(42)16-32(43)41-11-9-30(28(34)19-41)45-29-7-2-23(17-24(29)18-35)33-36-10-8-31(38-33)37-25-3-5-26(6-4-25)39-12-14-40(15-13-39)27-20-44-21-27/h2-8,10,17,22,27-28,30,42H,9,11-16,19-21H2,1H3,(H,36,37,38)/t22-,28-,30+/m1/s1. The minimum atomic E-state index is -1.42. The number of carbonyl (C=O) groups excluding carboxylic acids is 1. The second-order valence-corrected chi connectivity index (χ2v) is 11.8. The summed E-state index contributed by atoms with van der Waals surface area (Å²) in [5, 5.41) is 22.6. The van der Waals surface area contributed by atoms with E-state index < -0.39 is 18.4 Å². The zero-order valence-electron chi connectivity index (χ0n) is 25.3. The summed E-state index contributed by atoms with van der Waals surface area (Å²) in [5.74, 6) is 1.03. The molecular formula is C33H38FN7O4. The number of nitrogens with zero attached hydrogens (tertiary/aromatic N) is 6. The molecule has 1 aromatic heterocycles. The van der Waals surface area contributed by atoms with Crippen molar-refractivity contribution < 1.29 is 23.8 Å². The molecule has 11 nitrogen and oxygen atoms in total. The quantitative estimate of drug-likeness (QED) is 0.370. The highest BCUT2D eigenvalue weighted by Crippen LogP contribution is 2.29. The van der Waals surface area contributed by atoms with Gasteiger partial charge in [-0.15, -0.1) is 0 Å². The number of alkyl halides is 1. The molecule has 3 atom stereocenters. The maximum absolute atomic E-state index is 15.0. The largest absolute Gasteiger partial charge is 0.486 e. The zero-order chi connectivity index (χ0) is 31.3. The van der Waals surface area contributed by atoms with Crippen LogP contribution >= 0.6 is 0 Å². The number of carbonyl (C=O) groups is 1. The highest BCUT2D eigenvalue weighted by Gasteiger charge is 2.34. The van der Waals surface area contributed by atoms with Crippen LogP contribution in [0.1, 0.15) is 25.3 Å². The van der Waals surface area contributed by atoms with Gasteiger partial charge in [0.15, 0.2) is 12.0 Å². The number of rotatable bonds is 9. The molecule has 0 aliphatic carbocycles. The molecular weight excluding hydrogens is 577 g/mol. The number of aromatic nitrogens is 2. The van der Waals surface area contributed by atoms with Crippen LogP contribution in [0.3, 0.4) is 0 Å². The smallest absolute Gasteiger partial charge is 0.225 e. The van der Waals surface area contributed by atoms with Gasteiger partial charge in [-0.25, -0.2) is 14.4 Å². The summed E-state index contributed by atoms with van der Waals surface area (Å²) in [6.45, 7) is 7.51. The number of likely N-dealkylation sites (tertiary alicyclic amines) is 1. The Morgan fingerprint density at radius 3 is 2.60 bits per heavy atom. The van der Waals surface area contributed by atoms with E-state index in [1.165, 1.54) is 17.5 Å². The zero-order valence-corrected chi connectivity index (χ0v) is 25.3. The lowest BCUT2D eigenvalue weighted by atomic mass is 10.0. The Morgan fingerprint density at radius 1 is 1.16 bits per heavy atom. The molecule has 236 valence electrons. The molecule has 45 heavy (non-hydrogen) atoms. The second-order valence-electron chi connectivity index (χ2n) is 11.8. The van der Waals surface area contributed by atoms with Crippen molar-refractivity contribution in [2.45, 2.75) is 44.2 Å². The third-order valence-corrected chi connectivity index (χ3v) is 8.55. The van der Waals surface area contributed by atoms with Crippen molar-refractivity contribution in [1.82, 2.24) is 19.8 Å². The van der Waals surface area contributed by atoms with Crippen LogP contribution in [0, 0.1) is 11.3 Å². The van der Waals surface area contributed by atoms with Crippen molar-refractivity contribution in [2.75, 3.05) is 62.7 Å². The second kappa shape index (κ2) is 13.8. The minimum Gasteiger partial charge on any atom is -0.486 e. The number of nitriles is 1.